The van der Waals surface area contributed by atoms with Crippen molar-refractivity contribution in [2.24, 2.45) is 0 Å². The van der Waals surface area contributed by atoms with Crippen LogP contribution in [0, 0.1) is 0 Å². The highest BCUT2D eigenvalue weighted by Gasteiger charge is 2.31. The second-order valence-corrected chi connectivity index (χ2v) is 6.69. The molecule has 1 atom stereocenters. The van der Waals surface area contributed by atoms with Crippen molar-refractivity contribution in [3.63, 3.8) is 0 Å². The summed E-state index contributed by atoms with van der Waals surface area (Å²) >= 11 is 11.8. The number of nitrogens with one attached hydrogen (secondary N) is 1. The number of carbonyl (C=O) groups excluding carboxylic acids is 1. The summed E-state index contributed by atoms with van der Waals surface area (Å²) in [5.41, 5.74) is -0.0751. The summed E-state index contributed by atoms with van der Waals surface area (Å²) in [6.45, 7) is 5.35. The molecule has 5 heteroatoms. The van der Waals surface area contributed by atoms with Gasteiger partial charge in [-0.25, -0.2) is 0 Å². The smallest absolute Gasteiger partial charge is 0.264 e. The molecule has 0 aliphatic rings. The Hall–Kier alpha value is -1.71. The predicted molar refractivity (Wildman–Crippen MR) is 94.2 cm³/mol. The average Bonchev–Trinajstić information content (AvgIpc) is 2.49. The molecular weight excluding hydrogens is 333 g/mol. The van der Waals surface area contributed by atoms with Crippen LogP contribution in [0.15, 0.2) is 48.5 Å². The Kier molecular flexibility index (Phi) is 5.55. The van der Waals surface area contributed by atoms with Crippen LogP contribution in [-0.2, 0) is 4.79 Å². The number of benzene rings is 2. The first-order valence-corrected chi connectivity index (χ1v) is 8.04. The lowest BCUT2D eigenvalue weighted by Gasteiger charge is -2.27. The molecule has 2 aromatic rings. The van der Waals surface area contributed by atoms with Gasteiger partial charge in [-0.05, 0) is 62.7 Å². The first kappa shape index (κ1) is 17.6. The second-order valence-electron chi connectivity index (χ2n) is 5.82. The minimum absolute atomic E-state index is 0.172. The average molecular weight is 352 g/mol. The zero-order chi connectivity index (χ0) is 17.0. The molecule has 0 aliphatic carbocycles. The standard InChI is InChI=1S/C18H19Cl2NO2/c1-12(13-5-4-6-15(20)11-13)21-17(22)18(2,3)23-16-9-7-14(19)8-10-16/h4-12H,1-3H3,(H,21,22)/t12-/m1/s1. The van der Waals surface area contributed by atoms with Crippen LogP contribution in [0.5, 0.6) is 5.75 Å². The van der Waals surface area contributed by atoms with E-state index < -0.39 is 5.60 Å². The van der Waals surface area contributed by atoms with Crippen LogP contribution in [0.3, 0.4) is 0 Å². The summed E-state index contributed by atoms with van der Waals surface area (Å²) < 4.78 is 5.78. The third-order valence-electron chi connectivity index (χ3n) is 3.43. The molecule has 2 aromatic carbocycles. The van der Waals surface area contributed by atoms with Crippen molar-refractivity contribution >= 4 is 29.1 Å². The van der Waals surface area contributed by atoms with Crippen molar-refractivity contribution in [3.8, 4) is 5.75 Å². The minimum atomic E-state index is -1.01. The van der Waals surface area contributed by atoms with Gasteiger partial charge in [0.2, 0.25) is 0 Å². The number of ether oxygens (including phenoxy) is 1. The normalized spacial score (nSPS) is 12.6. The van der Waals surface area contributed by atoms with Crippen LogP contribution in [0.2, 0.25) is 10.0 Å². The van der Waals surface area contributed by atoms with Gasteiger partial charge in [-0.3, -0.25) is 4.79 Å². The van der Waals surface area contributed by atoms with Gasteiger partial charge < -0.3 is 10.1 Å². The number of halogens is 2. The van der Waals surface area contributed by atoms with E-state index in [1.54, 1.807) is 44.2 Å². The molecule has 0 unspecified atom stereocenters. The number of hydrogen-bond donors (Lipinski definition) is 1. The quantitative estimate of drug-likeness (QED) is 0.820. The van der Waals surface area contributed by atoms with Crippen LogP contribution in [0.25, 0.3) is 0 Å². The summed E-state index contributed by atoms with van der Waals surface area (Å²) in [6, 6.07) is 14.1. The van der Waals surface area contributed by atoms with Gasteiger partial charge in [0.15, 0.2) is 5.60 Å². The van der Waals surface area contributed by atoms with E-state index in [9.17, 15) is 4.79 Å². The minimum Gasteiger partial charge on any atom is -0.478 e. The fourth-order valence-corrected chi connectivity index (χ4v) is 2.40. The lowest BCUT2D eigenvalue weighted by Crippen LogP contribution is -2.47. The molecule has 122 valence electrons. The van der Waals surface area contributed by atoms with Crippen molar-refractivity contribution in [1.29, 1.82) is 0 Å². The van der Waals surface area contributed by atoms with Gasteiger partial charge in [0, 0.05) is 10.0 Å². The number of carbonyl (C=O) groups is 1. The SMILES string of the molecule is C[C@@H](NC(=O)C(C)(C)Oc1ccc(Cl)cc1)c1cccc(Cl)c1. The fraction of sp³-hybridized carbons (Fsp3) is 0.278. The van der Waals surface area contributed by atoms with E-state index in [0.717, 1.165) is 5.56 Å². The first-order valence-electron chi connectivity index (χ1n) is 7.29. The molecule has 1 N–H and O–H groups in total. The lowest BCUT2D eigenvalue weighted by molar-refractivity contribution is -0.134. The molecule has 0 aliphatic heterocycles. The number of amides is 1. The van der Waals surface area contributed by atoms with E-state index in [2.05, 4.69) is 5.32 Å². The summed E-state index contributed by atoms with van der Waals surface area (Å²) in [7, 11) is 0. The monoisotopic (exact) mass is 351 g/mol. The van der Waals surface area contributed by atoms with Crippen molar-refractivity contribution in [2.75, 3.05) is 0 Å². The van der Waals surface area contributed by atoms with Crippen LogP contribution < -0.4 is 10.1 Å². The molecule has 2 rings (SSSR count). The van der Waals surface area contributed by atoms with Crippen LogP contribution in [0.1, 0.15) is 32.4 Å². The summed E-state index contributed by atoms with van der Waals surface area (Å²) in [6.07, 6.45) is 0. The molecule has 0 heterocycles. The maximum Gasteiger partial charge on any atom is 0.264 e. The molecule has 0 bridgehead atoms. The molecule has 1 amide bonds. The van der Waals surface area contributed by atoms with Crippen molar-refractivity contribution in [1.82, 2.24) is 5.32 Å². The third-order valence-corrected chi connectivity index (χ3v) is 3.92. The molecule has 0 radical (unpaired) electrons. The largest absolute Gasteiger partial charge is 0.478 e. The highest BCUT2D eigenvalue weighted by Crippen LogP contribution is 2.23. The van der Waals surface area contributed by atoms with Gasteiger partial charge in [-0.15, -0.1) is 0 Å². The van der Waals surface area contributed by atoms with Crippen LogP contribution in [-0.4, -0.2) is 11.5 Å². The van der Waals surface area contributed by atoms with Gasteiger partial charge >= 0.3 is 0 Å². The van der Waals surface area contributed by atoms with Crippen molar-refractivity contribution in [2.45, 2.75) is 32.4 Å². The molecule has 0 spiro atoms. The Morgan fingerprint density at radius 2 is 1.74 bits per heavy atom. The fourth-order valence-electron chi connectivity index (χ4n) is 2.07. The Bertz CT molecular complexity index is 684. The third kappa shape index (κ3) is 4.88. The Balaban J connectivity index is 2.04. The lowest BCUT2D eigenvalue weighted by atomic mass is 10.1. The maximum absolute atomic E-state index is 12.5. The highest BCUT2D eigenvalue weighted by molar-refractivity contribution is 6.30. The zero-order valence-corrected chi connectivity index (χ0v) is 14.8. The van der Waals surface area contributed by atoms with Gasteiger partial charge in [0.05, 0.1) is 6.04 Å². The molecule has 0 saturated carbocycles. The number of rotatable bonds is 5. The van der Waals surface area contributed by atoms with Gasteiger partial charge in [-0.1, -0.05) is 35.3 Å². The topological polar surface area (TPSA) is 38.3 Å². The van der Waals surface area contributed by atoms with Crippen molar-refractivity contribution < 1.29 is 9.53 Å². The van der Waals surface area contributed by atoms with E-state index >= 15 is 0 Å². The van der Waals surface area contributed by atoms with Gasteiger partial charge in [-0.2, -0.15) is 0 Å². The Labute approximate surface area is 146 Å². The zero-order valence-electron chi connectivity index (χ0n) is 13.3. The van der Waals surface area contributed by atoms with Crippen LogP contribution in [0.4, 0.5) is 0 Å². The highest BCUT2D eigenvalue weighted by atomic mass is 35.5. The summed E-state index contributed by atoms with van der Waals surface area (Å²) in [5.74, 6) is 0.380. The van der Waals surface area contributed by atoms with E-state index in [-0.39, 0.29) is 11.9 Å². The molecule has 23 heavy (non-hydrogen) atoms. The maximum atomic E-state index is 12.5. The predicted octanol–water partition coefficient (Wildman–Crippen LogP) is 5.03. The van der Waals surface area contributed by atoms with E-state index in [1.165, 1.54) is 0 Å². The number of hydrogen-bond acceptors (Lipinski definition) is 2. The van der Waals surface area contributed by atoms with Crippen LogP contribution >= 0.6 is 23.2 Å². The molecule has 0 aromatic heterocycles. The first-order chi connectivity index (χ1) is 10.8. The Morgan fingerprint density at radius 3 is 2.35 bits per heavy atom. The molecule has 3 nitrogen and oxygen atoms in total. The summed E-state index contributed by atoms with van der Waals surface area (Å²) in [4.78, 5) is 12.5. The van der Waals surface area contributed by atoms with E-state index in [4.69, 9.17) is 27.9 Å². The Morgan fingerprint density at radius 1 is 1.09 bits per heavy atom. The molecular formula is C18H19Cl2NO2. The molecule has 0 saturated heterocycles. The summed E-state index contributed by atoms with van der Waals surface area (Å²) in [5, 5.41) is 4.21. The van der Waals surface area contributed by atoms with Gasteiger partial charge in [0.25, 0.3) is 5.91 Å². The van der Waals surface area contributed by atoms with E-state index in [0.29, 0.717) is 15.8 Å². The van der Waals surface area contributed by atoms with Gasteiger partial charge in [0.1, 0.15) is 5.75 Å². The molecule has 0 fully saturated rings. The van der Waals surface area contributed by atoms with E-state index in [1.807, 2.05) is 25.1 Å². The van der Waals surface area contributed by atoms with Crippen molar-refractivity contribution in [3.05, 3.63) is 64.1 Å². The second kappa shape index (κ2) is 7.24.